The van der Waals surface area contributed by atoms with Gasteiger partial charge in [-0.15, -0.1) is 0 Å². The number of hydrogen-bond donors (Lipinski definition) is 5. The van der Waals surface area contributed by atoms with Crippen LogP contribution in [0.5, 0.6) is 0 Å². The summed E-state index contributed by atoms with van der Waals surface area (Å²) in [5, 5.41) is 41.8. The molecule has 0 aromatic heterocycles. The summed E-state index contributed by atoms with van der Waals surface area (Å²) in [4.78, 5) is 0. The predicted octanol–water partition coefficient (Wildman–Crippen LogP) is -1.07. The van der Waals surface area contributed by atoms with Crippen molar-refractivity contribution in [3.05, 3.63) is 30.3 Å². The van der Waals surface area contributed by atoms with E-state index in [1.165, 1.54) is 0 Å². The van der Waals surface area contributed by atoms with Crippen LogP contribution in [0.25, 0.3) is 0 Å². The highest BCUT2D eigenvalue weighted by Crippen LogP contribution is 2.22. The number of nitrogens with zero attached hydrogens (tertiary/aromatic N) is 1. The lowest BCUT2D eigenvalue weighted by molar-refractivity contribution is -0.0104. The van der Waals surface area contributed by atoms with Crippen LogP contribution in [0.1, 0.15) is 0 Å². The minimum Gasteiger partial charge on any atom is -0.394 e. The van der Waals surface area contributed by atoms with E-state index in [-0.39, 0.29) is 5.71 Å². The zero-order valence-electron chi connectivity index (χ0n) is 10.8. The molecule has 0 spiro atoms. The number of benzene rings is 1. The molecule has 0 saturated carbocycles. The third-order valence-corrected chi connectivity index (χ3v) is 3.14. The molecule has 4 atom stereocenters. The number of nitrogens with one attached hydrogen (secondary N) is 1. The maximum atomic E-state index is 9.85. The summed E-state index contributed by atoms with van der Waals surface area (Å²) in [6.45, 7) is -0.855. The van der Waals surface area contributed by atoms with Crippen LogP contribution in [0, 0.1) is 0 Å². The minimum absolute atomic E-state index is 0.149. The van der Waals surface area contributed by atoms with E-state index < -0.39 is 37.6 Å². The average Bonchev–Trinajstić information content (AvgIpc) is 2.77. The Kier molecular flexibility index (Phi) is 5.05. The van der Waals surface area contributed by atoms with E-state index in [2.05, 4.69) is 10.5 Å². The minimum atomic E-state index is -1.24. The molecule has 0 unspecified atom stereocenters. The molecule has 0 aliphatic carbocycles. The maximum absolute atomic E-state index is 9.85. The van der Waals surface area contributed by atoms with Crippen molar-refractivity contribution >= 4 is 11.4 Å². The zero-order valence-corrected chi connectivity index (χ0v) is 10.8. The fourth-order valence-corrected chi connectivity index (χ4v) is 2.01. The Balaban J connectivity index is 2.08. The fourth-order valence-electron chi connectivity index (χ4n) is 2.01. The first-order valence-corrected chi connectivity index (χ1v) is 6.28. The number of hydrogen-bond acceptors (Lipinski definition) is 7. The molecule has 0 radical (unpaired) electrons. The van der Waals surface area contributed by atoms with Crippen molar-refractivity contribution in [2.45, 2.75) is 24.4 Å². The van der Waals surface area contributed by atoms with Crippen molar-refractivity contribution < 1.29 is 25.2 Å². The molecule has 1 heterocycles. The van der Waals surface area contributed by atoms with E-state index in [0.29, 0.717) is 5.69 Å². The highest BCUT2D eigenvalue weighted by molar-refractivity contribution is 5.91. The Morgan fingerprint density at radius 2 is 1.85 bits per heavy atom. The second kappa shape index (κ2) is 6.78. The van der Waals surface area contributed by atoms with E-state index in [4.69, 9.17) is 9.84 Å². The van der Waals surface area contributed by atoms with E-state index in [1.807, 2.05) is 18.2 Å². The highest BCUT2D eigenvalue weighted by atomic mass is 16.6. The van der Waals surface area contributed by atoms with Crippen molar-refractivity contribution in [1.29, 1.82) is 0 Å². The molecule has 0 amide bonds. The number of aliphatic hydroxyl groups excluding tert-OH is 4. The molecule has 1 aliphatic rings. The number of anilines is 1. The first-order valence-electron chi connectivity index (χ1n) is 6.28. The average molecular weight is 282 g/mol. The molecular weight excluding hydrogens is 264 g/mol. The first kappa shape index (κ1) is 14.9. The molecule has 7 nitrogen and oxygen atoms in total. The van der Waals surface area contributed by atoms with Crippen molar-refractivity contribution in [2.24, 2.45) is 5.10 Å². The summed E-state index contributed by atoms with van der Waals surface area (Å²) in [6, 6.07) is 9.07. The van der Waals surface area contributed by atoms with Gasteiger partial charge in [-0.05, 0) is 12.1 Å². The molecule has 5 N–H and O–H groups in total. The molecular formula is C13H18N2O5. The summed E-state index contributed by atoms with van der Waals surface area (Å²) < 4.78 is 5.30. The van der Waals surface area contributed by atoms with Crippen LogP contribution in [0.15, 0.2) is 35.4 Å². The van der Waals surface area contributed by atoms with Crippen molar-refractivity contribution in [3.8, 4) is 0 Å². The van der Waals surface area contributed by atoms with Crippen LogP contribution < -0.4 is 5.43 Å². The van der Waals surface area contributed by atoms with Crippen LogP contribution >= 0.6 is 0 Å². The lowest BCUT2D eigenvalue weighted by Gasteiger charge is -2.15. The van der Waals surface area contributed by atoms with Crippen LogP contribution in [0.4, 0.5) is 5.69 Å². The molecule has 1 aromatic carbocycles. The fraction of sp³-hybridized carbons (Fsp3) is 0.462. The van der Waals surface area contributed by atoms with Crippen LogP contribution in [0.3, 0.4) is 0 Å². The Morgan fingerprint density at radius 1 is 1.15 bits per heavy atom. The molecule has 1 aliphatic heterocycles. The van der Waals surface area contributed by atoms with Gasteiger partial charge in [-0.25, -0.2) is 0 Å². The van der Waals surface area contributed by atoms with Gasteiger partial charge in [-0.1, -0.05) is 18.2 Å². The summed E-state index contributed by atoms with van der Waals surface area (Å²) >= 11 is 0. The van der Waals surface area contributed by atoms with Gasteiger partial charge in [-0.2, -0.15) is 5.10 Å². The standard InChI is InChI=1S/C13H18N2O5/c16-6-9(15-14-8-4-2-1-3-5-8)13-12(19)11(18)10(7-17)20-13/h1-5,10-14,16-19H,6-7H2/b15-9+/t10-,11+,12+,13-/m1/s1. The molecule has 20 heavy (non-hydrogen) atoms. The highest BCUT2D eigenvalue weighted by Gasteiger charge is 2.44. The Labute approximate surface area is 116 Å². The third-order valence-electron chi connectivity index (χ3n) is 3.14. The van der Waals surface area contributed by atoms with Gasteiger partial charge in [0.1, 0.15) is 24.4 Å². The smallest absolute Gasteiger partial charge is 0.129 e. The van der Waals surface area contributed by atoms with Crippen LogP contribution in [-0.4, -0.2) is 63.8 Å². The Morgan fingerprint density at radius 3 is 2.40 bits per heavy atom. The quantitative estimate of drug-likeness (QED) is 0.347. The second-order valence-electron chi connectivity index (χ2n) is 4.50. The molecule has 1 aromatic rings. The number of ether oxygens (including phenoxy) is 1. The largest absolute Gasteiger partial charge is 0.394 e. The summed E-state index contributed by atoms with van der Waals surface area (Å²) in [6.07, 6.45) is -4.29. The van der Waals surface area contributed by atoms with Gasteiger partial charge in [0.15, 0.2) is 0 Å². The lowest BCUT2D eigenvalue weighted by Crippen LogP contribution is -2.38. The summed E-state index contributed by atoms with van der Waals surface area (Å²) in [5.74, 6) is 0. The summed E-state index contributed by atoms with van der Waals surface area (Å²) in [5.41, 5.74) is 3.60. The van der Waals surface area contributed by atoms with Gasteiger partial charge in [0.25, 0.3) is 0 Å². The summed E-state index contributed by atoms with van der Waals surface area (Å²) in [7, 11) is 0. The van der Waals surface area contributed by atoms with E-state index >= 15 is 0 Å². The second-order valence-corrected chi connectivity index (χ2v) is 4.50. The van der Waals surface area contributed by atoms with Gasteiger partial charge < -0.3 is 25.2 Å². The van der Waals surface area contributed by atoms with Crippen molar-refractivity contribution in [1.82, 2.24) is 0 Å². The SMILES string of the molecule is OC/C(=N\Nc1ccccc1)[C@H]1O[C@H](CO)[C@H](O)[C@@H]1O. The van der Waals surface area contributed by atoms with Crippen LogP contribution in [-0.2, 0) is 4.74 Å². The van der Waals surface area contributed by atoms with Gasteiger partial charge in [0.2, 0.25) is 0 Å². The molecule has 7 heteroatoms. The monoisotopic (exact) mass is 282 g/mol. The first-order chi connectivity index (χ1) is 9.67. The van der Waals surface area contributed by atoms with Crippen molar-refractivity contribution in [3.63, 3.8) is 0 Å². The maximum Gasteiger partial charge on any atom is 0.129 e. The van der Waals surface area contributed by atoms with E-state index in [0.717, 1.165) is 0 Å². The zero-order chi connectivity index (χ0) is 14.5. The van der Waals surface area contributed by atoms with Gasteiger partial charge in [-0.3, -0.25) is 5.43 Å². The number of rotatable bonds is 5. The van der Waals surface area contributed by atoms with Gasteiger partial charge >= 0.3 is 0 Å². The lowest BCUT2D eigenvalue weighted by atomic mass is 10.1. The molecule has 1 saturated heterocycles. The Bertz CT molecular complexity index is 453. The third kappa shape index (κ3) is 3.14. The molecule has 1 fully saturated rings. The predicted molar refractivity (Wildman–Crippen MR) is 72.3 cm³/mol. The van der Waals surface area contributed by atoms with Gasteiger partial charge in [0.05, 0.1) is 24.6 Å². The molecule has 110 valence electrons. The van der Waals surface area contributed by atoms with E-state index in [9.17, 15) is 15.3 Å². The normalized spacial score (nSPS) is 30.5. The van der Waals surface area contributed by atoms with Crippen LogP contribution in [0.2, 0.25) is 0 Å². The number of hydrazone groups is 1. The van der Waals surface area contributed by atoms with Gasteiger partial charge in [0, 0.05) is 0 Å². The number of para-hydroxylation sites is 1. The molecule has 2 rings (SSSR count). The topological polar surface area (TPSA) is 115 Å². The molecule has 0 bridgehead atoms. The van der Waals surface area contributed by atoms with Crippen molar-refractivity contribution in [2.75, 3.05) is 18.6 Å². The van der Waals surface area contributed by atoms with E-state index in [1.54, 1.807) is 12.1 Å². The Hall–Kier alpha value is -1.51. The number of aliphatic hydroxyl groups is 4.